The smallest absolute Gasteiger partial charge is 0.493 e. The first-order chi connectivity index (χ1) is 13.8. The molecule has 1 saturated heterocycles. The molecule has 0 spiro atoms. The van der Waals surface area contributed by atoms with Crippen molar-refractivity contribution in [3.05, 3.63) is 48.0 Å². The summed E-state index contributed by atoms with van der Waals surface area (Å²) in [6, 6.07) is 10.2. The first-order valence-electron chi connectivity index (χ1n) is 8.58. The Kier molecular flexibility index (Phi) is 6.31. The van der Waals surface area contributed by atoms with E-state index in [-0.39, 0.29) is 11.1 Å². The summed E-state index contributed by atoms with van der Waals surface area (Å²) in [6.45, 7) is 0.442. The molecule has 1 N–H and O–H groups in total. The highest BCUT2D eigenvalue weighted by atomic mass is 32.2. The Hall–Kier alpha value is -2.75. The van der Waals surface area contributed by atoms with Gasteiger partial charge in [0.25, 0.3) is 0 Å². The van der Waals surface area contributed by atoms with Crippen molar-refractivity contribution in [1.82, 2.24) is 4.90 Å². The monoisotopic (exact) mass is 428 g/mol. The molecule has 0 radical (unpaired) electrons. The predicted molar refractivity (Wildman–Crippen MR) is 104 cm³/mol. The molecule has 29 heavy (non-hydrogen) atoms. The summed E-state index contributed by atoms with van der Waals surface area (Å²) in [6.07, 6.45) is -4.85. The normalized spacial score (nSPS) is 16.4. The van der Waals surface area contributed by atoms with Crippen molar-refractivity contribution in [1.29, 1.82) is 0 Å². The van der Waals surface area contributed by atoms with Gasteiger partial charge in [-0.3, -0.25) is 0 Å². The lowest BCUT2D eigenvalue weighted by molar-refractivity contribution is -0.274. The van der Waals surface area contributed by atoms with Crippen LogP contribution in [0.4, 0.5) is 23.7 Å². The minimum atomic E-state index is -4.85. The van der Waals surface area contributed by atoms with Gasteiger partial charge in [0.15, 0.2) is 17.2 Å². The minimum absolute atomic E-state index is 0.0576. The second-order valence-electron chi connectivity index (χ2n) is 6.01. The molecular weight excluding hydrogens is 409 g/mol. The van der Waals surface area contributed by atoms with E-state index in [1.807, 2.05) is 6.07 Å². The third-order valence-electron chi connectivity index (χ3n) is 4.20. The fourth-order valence-corrected chi connectivity index (χ4v) is 4.18. The number of amides is 2. The number of halogens is 3. The van der Waals surface area contributed by atoms with Crippen LogP contribution in [0.3, 0.4) is 0 Å². The van der Waals surface area contributed by atoms with Crippen LogP contribution in [0.1, 0.15) is 10.9 Å². The molecule has 2 aromatic rings. The summed E-state index contributed by atoms with van der Waals surface area (Å²) >= 11 is 1.55. The van der Waals surface area contributed by atoms with Gasteiger partial charge in [-0.05, 0) is 29.8 Å². The zero-order valence-corrected chi connectivity index (χ0v) is 16.5. The largest absolute Gasteiger partial charge is 0.573 e. The van der Waals surface area contributed by atoms with Crippen molar-refractivity contribution in [2.75, 3.05) is 31.8 Å². The molecule has 1 aliphatic rings. The van der Waals surface area contributed by atoms with E-state index in [1.165, 1.54) is 32.4 Å². The Morgan fingerprint density at radius 2 is 1.83 bits per heavy atom. The van der Waals surface area contributed by atoms with Gasteiger partial charge in [-0.2, -0.15) is 0 Å². The second-order valence-corrected chi connectivity index (χ2v) is 7.19. The highest BCUT2D eigenvalue weighted by Crippen LogP contribution is 2.41. The third-order valence-corrected chi connectivity index (χ3v) is 5.46. The average molecular weight is 428 g/mol. The molecule has 1 fully saturated rings. The summed E-state index contributed by atoms with van der Waals surface area (Å²) in [4.78, 5) is 14.4. The predicted octanol–water partition coefficient (Wildman–Crippen LogP) is 4.88. The molecule has 156 valence electrons. The van der Waals surface area contributed by atoms with Gasteiger partial charge in [-0.15, -0.1) is 24.9 Å². The molecule has 10 heteroatoms. The maximum Gasteiger partial charge on any atom is 0.573 e. The number of nitrogens with one attached hydrogen (secondary N) is 1. The van der Waals surface area contributed by atoms with E-state index in [0.717, 1.165) is 11.6 Å². The van der Waals surface area contributed by atoms with Crippen LogP contribution in [0, 0.1) is 0 Å². The average Bonchev–Trinajstić information content (AvgIpc) is 3.18. The summed E-state index contributed by atoms with van der Waals surface area (Å²) in [5.74, 6) is 1.31. The lowest BCUT2D eigenvalue weighted by Crippen LogP contribution is -2.34. The van der Waals surface area contributed by atoms with E-state index in [4.69, 9.17) is 9.47 Å². The van der Waals surface area contributed by atoms with Crippen LogP contribution in [0.2, 0.25) is 0 Å². The maximum atomic E-state index is 12.8. The quantitative estimate of drug-likeness (QED) is 0.736. The number of urea groups is 1. The van der Waals surface area contributed by atoms with Crippen molar-refractivity contribution in [3.63, 3.8) is 0 Å². The summed E-state index contributed by atoms with van der Waals surface area (Å²) in [5, 5.41) is 2.20. The van der Waals surface area contributed by atoms with Crippen LogP contribution in [0.25, 0.3) is 0 Å². The summed E-state index contributed by atoms with van der Waals surface area (Å²) in [5.41, 5.74) is 0.762. The number of carbonyl (C=O) groups excluding carboxylic acids is 1. The molecule has 1 atom stereocenters. The minimum Gasteiger partial charge on any atom is -0.493 e. The maximum absolute atomic E-state index is 12.8. The zero-order valence-electron chi connectivity index (χ0n) is 15.7. The number of anilines is 1. The fourth-order valence-electron chi connectivity index (χ4n) is 2.93. The highest BCUT2D eigenvalue weighted by Gasteiger charge is 2.34. The molecule has 0 saturated carbocycles. The van der Waals surface area contributed by atoms with Gasteiger partial charge < -0.3 is 24.4 Å². The van der Waals surface area contributed by atoms with Gasteiger partial charge in [0.1, 0.15) is 5.37 Å². The van der Waals surface area contributed by atoms with Crippen LogP contribution in [0.5, 0.6) is 17.2 Å². The summed E-state index contributed by atoms with van der Waals surface area (Å²) < 4.78 is 52.4. The number of para-hydroxylation sites is 2. The van der Waals surface area contributed by atoms with E-state index < -0.39 is 18.1 Å². The molecule has 1 aliphatic heterocycles. The fraction of sp³-hybridized carbons (Fsp3) is 0.316. The third kappa shape index (κ3) is 5.00. The molecule has 1 unspecified atom stereocenters. The molecule has 1 heterocycles. The number of hydrogen-bond donors (Lipinski definition) is 1. The Balaban J connectivity index is 1.80. The number of hydrogen-bond acceptors (Lipinski definition) is 5. The molecule has 6 nitrogen and oxygen atoms in total. The summed E-state index contributed by atoms with van der Waals surface area (Å²) in [7, 11) is 3.05. The number of methoxy groups -OCH3 is 2. The van der Waals surface area contributed by atoms with Crippen molar-refractivity contribution >= 4 is 23.5 Å². The van der Waals surface area contributed by atoms with E-state index in [2.05, 4.69) is 10.1 Å². The number of benzene rings is 2. The Bertz CT molecular complexity index is 879. The van der Waals surface area contributed by atoms with Crippen LogP contribution in [0.15, 0.2) is 42.5 Å². The SMILES string of the molecule is COc1ccc(C2SCCN2C(=O)Nc2ccccc2OC(F)(F)F)cc1OC. The van der Waals surface area contributed by atoms with Crippen molar-refractivity contribution in [2.45, 2.75) is 11.7 Å². The first-order valence-corrected chi connectivity index (χ1v) is 9.63. The molecule has 0 aliphatic carbocycles. The molecule has 3 rings (SSSR count). The molecule has 0 aromatic heterocycles. The van der Waals surface area contributed by atoms with Gasteiger partial charge >= 0.3 is 12.4 Å². The van der Waals surface area contributed by atoms with E-state index in [1.54, 1.807) is 28.8 Å². The van der Waals surface area contributed by atoms with Crippen molar-refractivity contribution in [3.8, 4) is 17.2 Å². The molecular formula is C19H19F3N2O4S. The van der Waals surface area contributed by atoms with E-state index >= 15 is 0 Å². The van der Waals surface area contributed by atoms with E-state index in [9.17, 15) is 18.0 Å². The molecule has 0 bridgehead atoms. The molecule has 2 aromatic carbocycles. The topological polar surface area (TPSA) is 60.0 Å². The van der Waals surface area contributed by atoms with Gasteiger partial charge in [0, 0.05) is 12.3 Å². The van der Waals surface area contributed by atoms with Gasteiger partial charge in [0.2, 0.25) is 0 Å². The number of alkyl halides is 3. The first kappa shape index (κ1) is 21.0. The van der Waals surface area contributed by atoms with Crippen molar-refractivity contribution < 1.29 is 32.2 Å². The van der Waals surface area contributed by atoms with Gasteiger partial charge in [0.05, 0.1) is 19.9 Å². The Morgan fingerprint density at radius 3 is 2.52 bits per heavy atom. The lowest BCUT2D eigenvalue weighted by Gasteiger charge is -2.25. The second kappa shape index (κ2) is 8.73. The highest BCUT2D eigenvalue weighted by molar-refractivity contribution is 7.99. The number of carbonyl (C=O) groups is 1. The van der Waals surface area contributed by atoms with E-state index in [0.29, 0.717) is 23.8 Å². The van der Waals surface area contributed by atoms with Crippen LogP contribution >= 0.6 is 11.8 Å². The van der Waals surface area contributed by atoms with Crippen LogP contribution in [-0.4, -0.2) is 43.8 Å². The van der Waals surface area contributed by atoms with Crippen LogP contribution < -0.4 is 19.5 Å². The number of thioether (sulfide) groups is 1. The lowest BCUT2D eigenvalue weighted by atomic mass is 10.2. The number of rotatable bonds is 5. The van der Waals surface area contributed by atoms with Crippen molar-refractivity contribution in [2.24, 2.45) is 0 Å². The number of nitrogens with zero attached hydrogens (tertiary/aromatic N) is 1. The standard InChI is InChI=1S/C19H19F3N2O4S/c1-26-15-8-7-12(11-16(15)27-2)17-24(9-10-29-17)18(25)23-13-5-3-4-6-14(13)28-19(20,21)22/h3-8,11,17H,9-10H2,1-2H3,(H,23,25). The zero-order chi connectivity index (χ0) is 21.0. The Morgan fingerprint density at radius 1 is 1.10 bits per heavy atom. The van der Waals surface area contributed by atoms with Crippen LogP contribution in [-0.2, 0) is 0 Å². The Labute approximate surface area is 169 Å². The van der Waals surface area contributed by atoms with Gasteiger partial charge in [-0.1, -0.05) is 18.2 Å². The van der Waals surface area contributed by atoms with Gasteiger partial charge in [-0.25, -0.2) is 4.79 Å². The number of ether oxygens (including phenoxy) is 3. The molecule has 2 amide bonds.